The number of hydrogen-bond donors (Lipinski definition) is 2. The molecule has 0 saturated heterocycles. The van der Waals surface area contributed by atoms with E-state index in [0.29, 0.717) is 5.75 Å². The maximum atomic E-state index is 10.0. The molecule has 0 fully saturated rings. The number of thiol groups is 1. The molecule has 0 spiro atoms. The van der Waals surface area contributed by atoms with Gasteiger partial charge in [0.1, 0.15) is 0 Å². The molecule has 0 rings (SSSR count). The molecule has 2 nitrogen and oxygen atoms in total. The van der Waals surface area contributed by atoms with Crippen LogP contribution in [0.2, 0.25) is 0 Å². The zero-order chi connectivity index (χ0) is 6.41. The average molecular weight is 246 g/mol. The van der Waals surface area contributed by atoms with Crippen LogP contribution in [0, 0.1) is 0 Å². The van der Waals surface area contributed by atoms with Gasteiger partial charge < -0.3 is 0 Å². The van der Waals surface area contributed by atoms with Crippen LogP contribution in [0.25, 0.3) is 0 Å². The van der Waals surface area contributed by atoms with Gasteiger partial charge in [-0.1, -0.05) is 0 Å². The number of nitrogens with one attached hydrogen (secondary N) is 1. The van der Waals surface area contributed by atoms with E-state index >= 15 is 0 Å². The van der Waals surface area contributed by atoms with Gasteiger partial charge in [-0.25, -0.2) is 0 Å². The van der Waals surface area contributed by atoms with E-state index in [2.05, 4.69) is 21.1 Å². The predicted molar refractivity (Wildman–Crippen MR) is 32.8 cm³/mol. The molecule has 1 N–H and O–H groups in total. The molecule has 0 radical (unpaired) electrons. The number of carbonyl (C=O) groups is 1. The number of halogens is 1. The number of alkyl halides is 1. The van der Waals surface area contributed by atoms with Crippen molar-refractivity contribution in [1.82, 2.24) is 3.53 Å². The molecular weight excluding hydrogens is 237 g/mol. The van der Waals surface area contributed by atoms with Crippen LogP contribution < -0.4 is 25.0 Å². The van der Waals surface area contributed by atoms with Gasteiger partial charge in [-0.3, -0.25) is 0 Å². The average Bonchev–Trinajstić information content (AvgIpc) is 1.83. The van der Waals surface area contributed by atoms with Crippen LogP contribution in [0.4, 0.5) is 0 Å². The summed E-state index contributed by atoms with van der Waals surface area (Å²) in [6, 6.07) is -0.0175. The van der Waals surface area contributed by atoms with Crippen LogP contribution in [0.5, 0.6) is 0 Å². The molecule has 0 aromatic carbocycles. The third-order valence-corrected chi connectivity index (χ3v) is 2.43. The van der Waals surface area contributed by atoms with E-state index in [1.54, 1.807) is 0 Å². The van der Waals surface area contributed by atoms with E-state index in [4.69, 9.17) is 0 Å². The van der Waals surface area contributed by atoms with E-state index in [9.17, 15) is 4.79 Å². The number of aldehydes is 1. The molecule has 0 amide bonds. The minimum absolute atomic E-state index is 0.0175. The molecule has 0 aliphatic rings. The third kappa shape index (κ3) is 3.68. The van der Waals surface area contributed by atoms with Gasteiger partial charge in [0.15, 0.2) is 0 Å². The molecule has 0 aliphatic heterocycles. The molecule has 50 valence electrons. The van der Waals surface area contributed by atoms with Crippen molar-refractivity contribution < 1.29 is 26.3 Å². The van der Waals surface area contributed by atoms with Crippen molar-refractivity contribution in [2.45, 2.75) is 6.04 Å². The van der Waals surface area contributed by atoms with Crippen LogP contribution in [0.1, 0.15) is 0 Å². The molecule has 0 aromatic heterocycles. The van der Waals surface area contributed by atoms with E-state index in [1.165, 1.54) is 0 Å². The topological polar surface area (TPSA) is 29.1 Å². The number of rotatable bonds is 4. The van der Waals surface area contributed by atoms with E-state index in [-0.39, 0.29) is 27.5 Å². The second-order valence-corrected chi connectivity index (χ2v) is 3.29. The zero-order valence-corrected chi connectivity index (χ0v) is 7.65. The molecule has 8 heavy (non-hydrogen) atoms. The van der Waals surface area contributed by atoms with Gasteiger partial charge in [0.05, 0.1) is 0 Å². The van der Waals surface area contributed by atoms with E-state index in [0.717, 1.165) is 6.29 Å². The van der Waals surface area contributed by atoms with Crippen LogP contribution >= 0.6 is 12.6 Å². The molecule has 0 heterocycles. The summed E-state index contributed by atoms with van der Waals surface area (Å²) in [6.45, 7) is 0. The summed E-state index contributed by atoms with van der Waals surface area (Å²) in [5, 5.41) is 0. The summed E-state index contributed by atoms with van der Waals surface area (Å²) in [4.78, 5) is 12.1. The summed E-state index contributed by atoms with van der Waals surface area (Å²) in [7, 11) is 0. The minimum atomic E-state index is -0.0175. The first kappa shape index (κ1) is 8.71. The van der Waals surface area contributed by atoms with Gasteiger partial charge in [-0.05, 0) is 0 Å². The van der Waals surface area contributed by atoms with Crippen LogP contribution in [0.15, 0.2) is 0 Å². The fourth-order valence-electron chi connectivity index (χ4n) is 0.243. The first-order chi connectivity index (χ1) is 3.85. The predicted octanol–water partition coefficient (Wildman–Crippen LogP) is -3.29. The molecular formula is C4H9INOS-. The Morgan fingerprint density at radius 3 is 2.75 bits per heavy atom. The second kappa shape index (κ2) is 5.84. The van der Waals surface area contributed by atoms with Crippen LogP contribution in [-0.2, 0) is 4.79 Å². The van der Waals surface area contributed by atoms with Crippen molar-refractivity contribution in [3.63, 3.8) is 0 Å². The quantitative estimate of drug-likeness (QED) is 0.179. The fourth-order valence-corrected chi connectivity index (χ4v) is 1.94. The van der Waals surface area contributed by atoms with Gasteiger partial charge in [-0.2, -0.15) is 0 Å². The molecule has 4 heteroatoms. The Bertz CT molecular complexity index is 71.1. The van der Waals surface area contributed by atoms with E-state index in [1.807, 2.05) is 0 Å². The summed E-state index contributed by atoms with van der Waals surface area (Å²) < 4.78 is 3.05. The SMILES string of the molecule is C[I-]NC(C=O)CS. The first-order valence-corrected chi connectivity index (χ1v) is 6.02. The van der Waals surface area contributed by atoms with Gasteiger partial charge in [0.25, 0.3) is 0 Å². The Morgan fingerprint density at radius 2 is 2.62 bits per heavy atom. The molecule has 0 aromatic rings. The van der Waals surface area contributed by atoms with Gasteiger partial charge in [0, 0.05) is 0 Å². The summed E-state index contributed by atoms with van der Waals surface area (Å²) >= 11 is 3.98. The van der Waals surface area contributed by atoms with Gasteiger partial charge >= 0.3 is 65.4 Å². The Balaban J connectivity index is 3.21. The summed E-state index contributed by atoms with van der Waals surface area (Å²) in [6.07, 6.45) is 0.899. The summed E-state index contributed by atoms with van der Waals surface area (Å²) in [5.41, 5.74) is 0. The molecule has 0 saturated carbocycles. The first-order valence-electron chi connectivity index (χ1n) is 2.15. The maximum absolute atomic E-state index is 10.0. The zero-order valence-electron chi connectivity index (χ0n) is 4.60. The number of carbonyl (C=O) groups excluding carboxylic acids is 1. The molecule has 1 unspecified atom stereocenters. The van der Waals surface area contributed by atoms with Crippen molar-refractivity contribution in [2.24, 2.45) is 0 Å². The van der Waals surface area contributed by atoms with Gasteiger partial charge in [-0.15, -0.1) is 0 Å². The third-order valence-electron chi connectivity index (χ3n) is 0.610. The Kier molecular flexibility index (Phi) is 6.36. The Hall–Kier alpha value is 0.710. The van der Waals surface area contributed by atoms with Gasteiger partial charge in [0.2, 0.25) is 0 Å². The standard InChI is InChI=1S/C4H9INOS/c1-5-6-4(2-7)3-8/h2,4,6,8H,3H2,1H3/q-1. The van der Waals surface area contributed by atoms with E-state index < -0.39 is 0 Å². The molecule has 0 bridgehead atoms. The number of hydrogen-bond acceptors (Lipinski definition) is 3. The normalized spacial score (nSPS) is 13.8. The van der Waals surface area contributed by atoms with Crippen molar-refractivity contribution >= 4 is 18.9 Å². The van der Waals surface area contributed by atoms with Crippen molar-refractivity contribution in [1.29, 1.82) is 0 Å². The summed E-state index contributed by atoms with van der Waals surface area (Å²) in [5.74, 6) is 0.608. The van der Waals surface area contributed by atoms with Crippen LogP contribution in [-0.4, -0.2) is 23.0 Å². The van der Waals surface area contributed by atoms with Crippen molar-refractivity contribution in [3.8, 4) is 0 Å². The molecule has 0 aliphatic carbocycles. The van der Waals surface area contributed by atoms with Crippen molar-refractivity contribution in [3.05, 3.63) is 0 Å². The van der Waals surface area contributed by atoms with Crippen LogP contribution in [0.3, 0.4) is 0 Å². The molecule has 1 atom stereocenters. The second-order valence-electron chi connectivity index (χ2n) is 1.22. The monoisotopic (exact) mass is 246 g/mol. The van der Waals surface area contributed by atoms with Crippen molar-refractivity contribution in [2.75, 3.05) is 10.7 Å². The Morgan fingerprint density at radius 1 is 2.00 bits per heavy atom. The fraction of sp³-hybridized carbons (Fsp3) is 0.750. The Labute approximate surface area is 65.4 Å².